The maximum atomic E-state index is 14.6. The molecule has 0 radical (unpaired) electrons. The average molecular weight is 550 g/mol. The summed E-state index contributed by atoms with van der Waals surface area (Å²) in [5.41, 5.74) is -0.725. The van der Waals surface area contributed by atoms with Gasteiger partial charge in [0, 0.05) is 16.3 Å². The van der Waals surface area contributed by atoms with E-state index in [0.717, 1.165) is 12.1 Å². The van der Waals surface area contributed by atoms with E-state index in [9.17, 15) is 22.4 Å². The van der Waals surface area contributed by atoms with Gasteiger partial charge in [0.2, 0.25) is 0 Å². The van der Waals surface area contributed by atoms with Crippen LogP contribution < -0.4 is 10.1 Å². The van der Waals surface area contributed by atoms with Gasteiger partial charge in [-0.15, -0.1) is 0 Å². The van der Waals surface area contributed by atoms with E-state index >= 15 is 0 Å². The minimum Gasteiger partial charge on any atom is -0.480 e. The lowest BCUT2D eigenvalue weighted by Crippen LogP contribution is -2.31. The predicted octanol–water partition coefficient (Wildman–Crippen LogP) is 8.09. The van der Waals surface area contributed by atoms with Gasteiger partial charge >= 0.3 is 6.18 Å². The van der Waals surface area contributed by atoms with E-state index in [2.05, 4.69) is 15.3 Å². The van der Waals surface area contributed by atoms with Crippen LogP contribution in [0.25, 0.3) is 22.6 Å². The van der Waals surface area contributed by atoms with E-state index < -0.39 is 29.1 Å². The zero-order valence-corrected chi connectivity index (χ0v) is 20.7. The number of nitrogens with zero attached hydrogens (tertiary/aromatic N) is 1. The van der Waals surface area contributed by atoms with Gasteiger partial charge in [-0.25, -0.2) is 9.37 Å². The highest BCUT2D eigenvalue weighted by Crippen LogP contribution is 2.48. The summed E-state index contributed by atoms with van der Waals surface area (Å²) < 4.78 is 60.1. The molecule has 0 atom stereocenters. The number of hydrogen-bond donors (Lipinski definition) is 2. The summed E-state index contributed by atoms with van der Waals surface area (Å²) in [6.07, 6.45) is -4.57. The Balaban J connectivity index is 1.60. The van der Waals surface area contributed by atoms with Crippen LogP contribution in [0.1, 0.15) is 35.5 Å². The molecule has 2 N–H and O–H groups in total. The lowest BCUT2D eigenvalue weighted by molar-refractivity contribution is -0.137. The number of carbonyl (C=O) groups excluding carboxylic acids is 1. The minimum atomic E-state index is -4.57. The van der Waals surface area contributed by atoms with E-state index in [1.165, 1.54) is 36.4 Å². The van der Waals surface area contributed by atoms with Crippen LogP contribution in [0, 0.1) is 5.82 Å². The lowest BCUT2D eigenvalue weighted by atomic mass is 9.93. The number of benzene rings is 3. The molecule has 190 valence electrons. The molecule has 0 saturated carbocycles. The highest BCUT2D eigenvalue weighted by atomic mass is 35.5. The summed E-state index contributed by atoms with van der Waals surface area (Å²) in [5.74, 6) is -1.02. The molecule has 5 rings (SSSR count). The van der Waals surface area contributed by atoms with E-state index in [1.54, 1.807) is 19.9 Å². The Morgan fingerprint density at radius 2 is 1.81 bits per heavy atom. The maximum Gasteiger partial charge on any atom is 0.416 e. The quantitative estimate of drug-likeness (QED) is 0.254. The number of aromatic amines is 1. The normalized spacial score (nSPS) is 13.9. The van der Waals surface area contributed by atoms with Crippen molar-refractivity contribution in [3.05, 3.63) is 87.3 Å². The number of H-pyrrole nitrogens is 1. The molecule has 0 saturated heterocycles. The number of amides is 1. The van der Waals surface area contributed by atoms with E-state index in [0.29, 0.717) is 17.0 Å². The number of ether oxygens (including phenoxy) is 1. The third-order valence-electron chi connectivity index (χ3n) is 5.86. The SMILES string of the molecule is CC1(C)Oc2c(C(=O)Nc3cccc(C(F)(F)F)c3)cc(Cl)cc2-c2nc(-c3c(F)cccc3Cl)[nH]c21. The number of anilines is 1. The van der Waals surface area contributed by atoms with Crippen molar-refractivity contribution in [2.24, 2.45) is 0 Å². The van der Waals surface area contributed by atoms with Crippen molar-refractivity contribution in [2.75, 3.05) is 5.32 Å². The number of alkyl halides is 3. The molecule has 5 nitrogen and oxygen atoms in total. The number of hydrogen-bond acceptors (Lipinski definition) is 3. The Labute approximate surface area is 218 Å². The van der Waals surface area contributed by atoms with Crippen LogP contribution in [0.5, 0.6) is 5.75 Å². The van der Waals surface area contributed by atoms with Crippen molar-refractivity contribution >= 4 is 34.8 Å². The molecule has 0 bridgehead atoms. The van der Waals surface area contributed by atoms with Crippen LogP contribution in [0.15, 0.2) is 54.6 Å². The van der Waals surface area contributed by atoms with Crippen molar-refractivity contribution in [3.63, 3.8) is 0 Å². The van der Waals surface area contributed by atoms with Gasteiger partial charge in [0.25, 0.3) is 5.91 Å². The predicted molar refractivity (Wildman–Crippen MR) is 132 cm³/mol. The second kappa shape index (κ2) is 8.78. The molecule has 3 aromatic carbocycles. The molecule has 1 aliphatic rings. The Morgan fingerprint density at radius 3 is 2.51 bits per heavy atom. The molecule has 1 aromatic heterocycles. The van der Waals surface area contributed by atoms with Gasteiger partial charge in [-0.1, -0.05) is 35.3 Å². The first-order valence-corrected chi connectivity index (χ1v) is 11.7. The van der Waals surface area contributed by atoms with Crippen LogP contribution in [0.2, 0.25) is 10.0 Å². The summed E-state index contributed by atoms with van der Waals surface area (Å²) in [6, 6.07) is 11.4. The first-order valence-electron chi connectivity index (χ1n) is 10.9. The molecule has 0 spiro atoms. The number of carbonyl (C=O) groups is 1. The van der Waals surface area contributed by atoms with Crippen LogP contribution in [0.4, 0.5) is 23.2 Å². The van der Waals surface area contributed by atoms with Crippen molar-refractivity contribution in [1.29, 1.82) is 0 Å². The van der Waals surface area contributed by atoms with E-state index in [-0.39, 0.29) is 38.4 Å². The molecule has 0 aliphatic carbocycles. The van der Waals surface area contributed by atoms with Crippen molar-refractivity contribution < 1.29 is 27.1 Å². The van der Waals surface area contributed by atoms with Crippen LogP contribution in [0.3, 0.4) is 0 Å². The highest BCUT2D eigenvalue weighted by Gasteiger charge is 2.39. The fourth-order valence-electron chi connectivity index (χ4n) is 4.17. The third kappa shape index (κ3) is 4.53. The van der Waals surface area contributed by atoms with Gasteiger partial charge in [-0.2, -0.15) is 13.2 Å². The molecule has 11 heteroatoms. The van der Waals surface area contributed by atoms with Gasteiger partial charge in [-0.3, -0.25) is 4.79 Å². The summed E-state index contributed by atoms with van der Waals surface area (Å²) in [4.78, 5) is 20.9. The molecule has 2 heterocycles. The van der Waals surface area contributed by atoms with Crippen molar-refractivity contribution in [2.45, 2.75) is 25.6 Å². The van der Waals surface area contributed by atoms with Gasteiger partial charge in [0.1, 0.15) is 23.0 Å². The molecule has 0 fully saturated rings. The number of rotatable bonds is 3. The van der Waals surface area contributed by atoms with Crippen molar-refractivity contribution in [3.8, 4) is 28.4 Å². The summed E-state index contributed by atoms with van der Waals surface area (Å²) in [6.45, 7) is 3.45. The van der Waals surface area contributed by atoms with Gasteiger partial charge in [-0.05, 0) is 56.3 Å². The zero-order chi connectivity index (χ0) is 26.7. The Kier molecular flexibility index (Phi) is 5.96. The number of nitrogens with one attached hydrogen (secondary N) is 2. The number of halogens is 6. The first-order chi connectivity index (χ1) is 17.3. The molecule has 1 aliphatic heterocycles. The monoisotopic (exact) mass is 549 g/mol. The summed E-state index contributed by atoms with van der Waals surface area (Å²) >= 11 is 12.6. The summed E-state index contributed by atoms with van der Waals surface area (Å²) in [7, 11) is 0. The highest BCUT2D eigenvalue weighted by molar-refractivity contribution is 6.33. The van der Waals surface area contributed by atoms with Crippen LogP contribution in [-0.4, -0.2) is 15.9 Å². The zero-order valence-electron chi connectivity index (χ0n) is 19.2. The second-order valence-corrected chi connectivity index (χ2v) is 9.72. The molecule has 0 unspecified atom stereocenters. The molecule has 4 aromatic rings. The van der Waals surface area contributed by atoms with E-state index in [1.807, 2.05) is 0 Å². The fourth-order valence-corrected chi connectivity index (χ4v) is 4.64. The topological polar surface area (TPSA) is 67.0 Å². The number of imidazole rings is 1. The average Bonchev–Trinajstić information content (AvgIpc) is 3.25. The molecular formula is C26H17Cl2F4N3O2. The van der Waals surface area contributed by atoms with Gasteiger partial charge in [0.15, 0.2) is 0 Å². The largest absolute Gasteiger partial charge is 0.480 e. The third-order valence-corrected chi connectivity index (χ3v) is 6.40. The van der Waals surface area contributed by atoms with Crippen LogP contribution in [-0.2, 0) is 11.8 Å². The molecule has 1 amide bonds. The van der Waals surface area contributed by atoms with E-state index in [4.69, 9.17) is 27.9 Å². The maximum absolute atomic E-state index is 14.6. The van der Waals surface area contributed by atoms with Crippen molar-refractivity contribution in [1.82, 2.24) is 9.97 Å². The Hall–Kier alpha value is -3.56. The fraction of sp³-hybridized carbons (Fsp3) is 0.154. The lowest BCUT2D eigenvalue weighted by Gasteiger charge is -2.33. The minimum absolute atomic E-state index is 0.00730. The Bertz CT molecular complexity index is 1540. The smallest absolute Gasteiger partial charge is 0.416 e. The number of aromatic nitrogens is 2. The Morgan fingerprint density at radius 1 is 1.08 bits per heavy atom. The van der Waals surface area contributed by atoms with Crippen LogP contribution >= 0.6 is 23.2 Å². The van der Waals surface area contributed by atoms with Gasteiger partial charge in [0.05, 0.1) is 33.1 Å². The summed E-state index contributed by atoms with van der Waals surface area (Å²) in [5, 5.41) is 2.79. The molecule has 37 heavy (non-hydrogen) atoms. The first kappa shape index (κ1) is 25.1. The number of fused-ring (bicyclic) bond motifs is 3. The van der Waals surface area contributed by atoms with Gasteiger partial charge < -0.3 is 15.0 Å². The standard InChI is InChI=1S/C26H17Cl2F4N3O2/c1-25(2)22-20(34-23(35-22)19-17(28)7-4-8-18(19)29)15-10-13(27)11-16(21(15)37-25)24(36)33-14-6-3-5-12(9-14)26(30,31)32/h3-11H,1-2H3,(H,33,36)(H,34,35). The molecular weight excluding hydrogens is 533 g/mol. The second-order valence-electron chi connectivity index (χ2n) is 8.88.